The maximum Gasteiger partial charge on any atom is 0.317 e. The van der Waals surface area contributed by atoms with Crippen LogP contribution in [-0.2, 0) is 6.54 Å². The van der Waals surface area contributed by atoms with Gasteiger partial charge in [0.2, 0.25) is 0 Å². The van der Waals surface area contributed by atoms with Crippen molar-refractivity contribution < 1.29 is 4.79 Å². The molecule has 0 radical (unpaired) electrons. The first-order valence-corrected chi connectivity index (χ1v) is 10.5. The molecule has 1 aliphatic heterocycles. The lowest BCUT2D eigenvalue weighted by atomic mass is 10.2. The second-order valence-electron chi connectivity index (χ2n) is 6.64. The van der Waals surface area contributed by atoms with E-state index in [0.717, 1.165) is 40.1 Å². The van der Waals surface area contributed by atoms with E-state index in [-0.39, 0.29) is 6.03 Å². The van der Waals surface area contributed by atoms with E-state index in [9.17, 15) is 4.79 Å². The van der Waals surface area contributed by atoms with Gasteiger partial charge in [0.1, 0.15) is 0 Å². The van der Waals surface area contributed by atoms with Crippen molar-refractivity contribution in [3.63, 3.8) is 0 Å². The van der Waals surface area contributed by atoms with Crippen molar-refractivity contribution in [2.24, 2.45) is 0 Å². The molecule has 2 aromatic carbocycles. The summed E-state index contributed by atoms with van der Waals surface area (Å²) in [5, 5.41) is 6.78. The van der Waals surface area contributed by atoms with E-state index in [2.05, 4.69) is 15.6 Å². The third-order valence-corrected chi connectivity index (χ3v) is 5.91. The summed E-state index contributed by atoms with van der Waals surface area (Å²) in [7, 11) is 0. The van der Waals surface area contributed by atoms with Gasteiger partial charge < -0.3 is 15.1 Å². The predicted octanol–water partition coefficient (Wildman–Crippen LogP) is 4.50. The Balaban J connectivity index is 1.30. The van der Waals surface area contributed by atoms with Crippen molar-refractivity contribution in [1.29, 1.82) is 0 Å². The Kier molecular flexibility index (Phi) is 5.78. The Morgan fingerprint density at radius 1 is 1.04 bits per heavy atom. The first-order chi connectivity index (χ1) is 13.7. The second kappa shape index (κ2) is 8.63. The van der Waals surface area contributed by atoms with Gasteiger partial charge in [-0.25, -0.2) is 9.78 Å². The Labute approximate surface area is 173 Å². The molecular formula is C21H21ClN4OS. The number of aromatic nitrogens is 1. The number of halogens is 1. The molecule has 1 fully saturated rings. The molecule has 2 amide bonds. The van der Waals surface area contributed by atoms with Crippen molar-refractivity contribution >= 4 is 34.1 Å². The molecule has 28 heavy (non-hydrogen) atoms. The quantitative estimate of drug-likeness (QED) is 0.686. The van der Waals surface area contributed by atoms with Crippen LogP contribution in [0.15, 0.2) is 60.0 Å². The smallest absolute Gasteiger partial charge is 0.317 e. The van der Waals surface area contributed by atoms with Crippen LogP contribution in [0.3, 0.4) is 0 Å². The molecule has 0 saturated carbocycles. The van der Waals surface area contributed by atoms with Gasteiger partial charge in [-0.05, 0) is 17.7 Å². The summed E-state index contributed by atoms with van der Waals surface area (Å²) in [6.07, 6.45) is 0. The van der Waals surface area contributed by atoms with Crippen LogP contribution >= 0.6 is 22.9 Å². The second-order valence-corrected chi connectivity index (χ2v) is 7.91. The van der Waals surface area contributed by atoms with Gasteiger partial charge in [0, 0.05) is 48.7 Å². The maximum absolute atomic E-state index is 12.4. The molecule has 1 saturated heterocycles. The van der Waals surface area contributed by atoms with Crippen molar-refractivity contribution in [1.82, 2.24) is 15.2 Å². The summed E-state index contributed by atoms with van der Waals surface area (Å²) in [6, 6.07) is 17.7. The molecule has 0 atom stereocenters. The van der Waals surface area contributed by atoms with Crippen LogP contribution in [0.2, 0.25) is 5.02 Å². The molecule has 2 heterocycles. The van der Waals surface area contributed by atoms with Gasteiger partial charge in [-0.2, -0.15) is 0 Å². The van der Waals surface area contributed by atoms with Gasteiger partial charge in [0.25, 0.3) is 0 Å². The van der Waals surface area contributed by atoms with E-state index in [0.29, 0.717) is 19.6 Å². The van der Waals surface area contributed by atoms with Crippen LogP contribution in [0.25, 0.3) is 11.3 Å². The monoisotopic (exact) mass is 412 g/mol. The summed E-state index contributed by atoms with van der Waals surface area (Å²) >= 11 is 7.59. The molecule has 1 aliphatic rings. The summed E-state index contributed by atoms with van der Waals surface area (Å²) < 4.78 is 0. The lowest BCUT2D eigenvalue weighted by Gasteiger charge is -2.34. The van der Waals surface area contributed by atoms with Crippen molar-refractivity contribution in [2.45, 2.75) is 6.54 Å². The number of anilines is 1. The normalized spacial score (nSPS) is 14.2. The molecule has 0 unspecified atom stereocenters. The molecule has 1 aromatic heterocycles. The number of amides is 2. The highest BCUT2D eigenvalue weighted by Crippen LogP contribution is 2.28. The fourth-order valence-electron chi connectivity index (χ4n) is 3.15. The molecule has 1 N–H and O–H groups in total. The van der Waals surface area contributed by atoms with Crippen molar-refractivity contribution in [3.05, 3.63) is 70.6 Å². The first-order valence-electron chi connectivity index (χ1n) is 9.22. The van der Waals surface area contributed by atoms with E-state index >= 15 is 0 Å². The van der Waals surface area contributed by atoms with Crippen LogP contribution < -0.4 is 10.2 Å². The van der Waals surface area contributed by atoms with Crippen molar-refractivity contribution in [2.75, 3.05) is 31.1 Å². The number of hydrogen-bond donors (Lipinski definition) is 1. The Morgan fingerprint density at radius 3 is 2.46 bits per heavy atom. The fourth-order valence-corrected chi connectivity index (χ4v) is 4.16. The minimum Gasteiger partial charge on any atom is -0.345 e. The van der Waals surface area contributed by atoms with Gasteiger partial charge in [-0.1, -0.05) is 54.1 Å². The zero-order valence-electron chi connectivity index (χ0n) is 15.3. The Bertz CT molecular complexity index is 921. The number of rotatable bonds is 4. The lowest BCUT2D eigenvalue weighted by Crippen LogP contribution is -2.51. The highest BCUT2D eigenvalue weighted by atomic mass is 35.5. The minimum atomic E-state index is -0.00973. The first kappa shape index (κ1) is 18.8. The van der Waals surface area contributed by atoms with Gasteiger partial charge in [-0.15, -0.1) is 11.3 Å². The molecule has 3 aromatic rings. The molecule has 7 heteroatoms. The van der Waals surface area contributed by atoms with E-state index in [1.54, 1.807) is 11.3 Å². The fraction of sp³-hybridized carbons (Fsp3) is 0.238. The molecule has 0 aliphatic carbocycles. The summed E-state index contributed by atoms with van der Waals surface area (Å²) in [4.78, 5) is 21.3. The number of carbonyl (C=O) groups is 1. The zero-order chi connectivity index (χ0) is 19.3. The van der Waals surface area contributed by atoms with Gasteiger partial charge in [0.15, 0.2) is 5.13 Å². The average molecular weight is 413 g/mol. The average Bonchev–Trinajstić information content (AvgIpc) is 3.24. The third-order valence-electron chi connectivity index (χ3n) is 4.76. The molecule has 5 nitrogen and oxygen atoms in total. The van der Waals surface area contributed by atoms with E-state index in [1.165, 1.54) is 0 Å². The van der Waals surface area contributed by atoms with Crippen LogP contribution in [0, 0.1) is 0 Å². The SMILES string of the molecule is O=C(NCc1ccccc1)N1CCN(c2nc(-c3ccc(Cl)cc3)cs2)CC1. The highest BCUT2D eigenvalue weighted by Gasteiger charge is 2.22. The molecular weight excluding hydrogens is 392 g/mol. The third kappa shape index (κ3) is 4.46. The van der Waals surface area contributed by atoms with Gasteiger partial charge in [0.05, 0.1) is 5.69 Å². The molecule has 0 spiro atoms. The highest BCUT2D eigenvalue weighted by molar-refractivity contribution is 7.14. The van der Waals surface area contributed by atoms with Crippen LogP contribution in [0.1, 0.15) is 5.56 Å². The number of urea groups is 1. The molecule has 4 rings (SSSR count). The zero-order valence-corrected chi connectivity index (χ0v) is 16.9. The summed E-state index contributed by atoms with van der Waals surface area (Å²) in [5.41, 5.74) is 3.12. The number of piperazine rings is 1. The maximum atomic E-state index is 12.4. The Hall–Kier alpha value is -2.57. The van der Waals surface area contributed by atoms with Crippen molar-refractivity contribution in [3.8, 4) is 11.3 Å². The predicted molar refractivity (Wildman–Crippen MR) is 115 cm³/mol. The lowest BCUT2D eigenvalue weighted by molar-refractivity contribution is 0.194. The van der Waals surface area contributed by atoms with Crippen LogP contribution in [-0.4, -0.2) is 42.1 Å². The standard InChI is InChI=1S/C21H21ClN4OS/c22-18-8-6-17(7-9-18)19-15-28-21(24-19)26-12-10-25(11-13-26)20(27)23-14-16-4-2-1-3-5-16/h1-9,15H,10-14H2,(H,23,27). The van der Waals surface area contributed by atoms with Gasteiger partial charge in [-0.3, -0.25) is 0 Å². The number of thiazole rings is 1. The molecule has 0 bridgehead atoms. The largest absolute Gasteiger partial charge is 0.345 e. The van der Waals surface area contributed by atoms with E-state index < -0.39 is 0 Å². The van der Waals surface area contributed by atoms with Gasteiger partial charge >= 0.3 is 6.03 Å². The molecule has 144 valence electrons. The minimum absolute atomic E-state index is 0.00973. The van der Waals surface area contributed by atoms with Crippen LogP contribution in [0.5, 0.6) is 0 Å². The summed E-state index contributed by atoms with van der Waals surface area (Å²) in [5.74, 6) is 0. The topological polar surface area (TPSA) is 48.5 Å². The number of benzene rings is 2. The number of nitrogens with zero attached hydrogens (tertiary/aromatic N) is 3. The summed E-state index contributed by atoms with van der Waals surface area (Å²) in [6.45, 7) is 3.50. The van der Waals surface area contributed by atoms with E-state index in [1.807, 2.05) is 59.5 Å². The van der Waals surface area contributed by atoms with E-state index in [4.69, 9.17) is 16.6 Å². The number of hydrogen-bond acceptors (Lipinski definition) is 4. The number of nitrogens with one attached hydrogen (secondary N) is 1. The Morgan fingerprint density at radius 2 is 1.75 bits per heavy atom. The number of carbonyl (C=O) groups excluding carboxylic acids is 1. The van der Waals surface area contributed by atoms with Crippen LogP contribution in [0.4, 0.5) is 9.93 Å².